The van der Waals surface area contributed by atoms with Gasteiger partial charge in [0.1, 0.15) is 11.3 Å². The van der Waals surface area contributed by atoms with Crippen LogP contribution in [0.2, 0.25) is 0 Å². The van der Waals surface area contributed by atoms with Crippen LogP contribution < -0.4 is 4.74 Å². The maximum atomic E-state index is 12.6. The molecule has 6 nitrogen and oxygen atoms in total. The highest BCUT2D eigenvalue weighted by molar-refractivity contribution is 7.99. The average Bonchev–Trinajstić information content (AvgIpc) is 2.80. The first-order valence-electron chi connectivity index (χ1n) is 11.5. The first kappa shape index (κ1) is 22.7. The van der Waals surface area contributed by atoms with Crippen LogP contribution in [-0.2, 0) is 15.2 Å². The molecular formula is C26H30O6S. The summed E-state index contributed by atoms with van der Waals surface area (Å²) in [7, 11) is 0. The Labute approximate surface area is 198 Å². The summed E-state index contributed by atoms with van der Waals surface area (Å²) in [5.74, 6) is -0.152. The van der Waals surface area contributed by atoms with E-state index < -0.39 is 24.0 Å². The number of carbonyl (C=O) groups is 1. The Morgan fingerprint density at radius 3 is 2.58 bits per heavy atom. The number of fused-ring (bicyclic) bond motifs is 2. The second-order valence-corrected chi connectivity index (χ2v) is 10.9. The number of aliphatic hydroxyl groups is 2. The normalized spacial score (nSPS) is 32.8. The monoisotopic (exact) mass is 470 g/mol. The highest BCUT2D eigenvalue weighted by Crippen LogP contribution is 2.46. The van der Waals surface area contributed by atoms with Gasteiger partial charge in [-0.1, -0.05) is 42.5 Å². The summed E-state index contributed by atoms with van der Waals surface area (Å²) in [5, 5.41) is 21.8. The third kappa shape index (κ3) is 4.52. The maximum Gasteiger partial charge on any atom is 0.345 e. The molecule has 176 valence electrons. The number of rotatable bonds is 4. The summed E-state index contributed by atoms with van der Waals surface area (Å²) >= 11 is 1.56. The molecule has 2 N–H and O–H groups in total. The maximum absolute atomic E-state index is 12.6. The molecule has 7 heteroatoms. The minimum atomic E-state index is -0.993. The van der Waals surface area contributed by atoms with Gasteiger partial charge < -0.3 is 24.4 Å². The molecule has 5 rings (SSSR count). The smallest absolute Gasteiger partial charge is 0.345 e. The molecule has 2 aliphatic heterocycles. The highest BCUT2D eigenvalue weighted by atomic mass is 32.2. The quantitative estimate of drug-likeness (QED) is 0.651. The summed E-state index contributed by atoms with van der Waals surface area (Å²) in [6.45, 7) is 3.99. The second kappa shape index (κ2) is 8.95. The first-order valence-corrected chi connectivity index (χ1v) is 12.6. The van der Waals surface area contributed by atoms with E-state index in [1.54, 1.807) is 31.7 Å². The number of carbonyl (C=O) groups excluding carboxylic acids is 1. The number of hydrogen-bond donors (Lipinski definition) is 2. The van der Waals surface area contributed by atoms with E-state index in [2.05, 4.69) is 0 Å². The molecule has 1 saturated carbocycles. The number of esters is 1. The summed E-state index contributed by atoms with van der Waals surface area (Å²) in [6.07, 6.45) is -0.208. The predicted octanol–water partition coefficient (Wildman–Crippen LogP) is 4.09. The third-order valence-electron chi connectivity index (χ3n) is 6.94. The Kier molecular flexibility index (Phi) is 6.16. The molecule has 0 spiro atoms. The Balaban J connectivity index is 1.26. The number of ether oxygens (including phenoxy) is 3. The number of cyclic esters (lactones) is 1. The molecule has 33 heavy (non-hydrogen) atoms. The van der Waals surface area contributed by atoms with Gasteiger partial charge in [-0.05, 0) is 41.9 Å². The van der Waals surface area contributed by atoms with Crippen molar-refractivity contribution in [1.29, 1.82) is 0 Å². The van der Waals surface area contributed by atoms with Crippen molar-refractivity contribution in [3.8, 4) is 5.75 Å². The molecule has 6 atom stereocenters. The van der Waals surface area contributed by atoms with Crippen molar-refractivity contribution in [2.24, 2.45) is 11.8 Å². The molecule has 2 aromatic rings. The average molecular weight is 471 g/mol. The number of thioether (sulfide) groups is 1. The van der Waals surface area contributed by atoms with Gasteiger partial charge in [-0.3, -0.25) is 0 Å². The largest absolute Gasteiger partial charge is 0.452 e. The van der Waals surface area contributed by atoms with Gasteiger partial charge in [0, 0.05) is 24.9 Å². The van der Waals surface area contributed by atoms with Crippen LogP contribution in [0.3, 0.4) is 0 Å². The van der Waals surface area contributed by atoms with Crippen molar-refractivity contribution in [1.82, 2.24) is 0 Å². The van der Waals surface area contributed by atoms with E-state index in [9.17, 15) is 15.0 Å². The number of hydrogen-bond acceptors (Lipinski definition) is 7. The zero-order valence-corrected chi connectivity index (χ0v) is 19.7. The molecule has 3 aliphatic rings. The van der Waals surface area contributed by atoms with Gasteiger partial charge in [-0.2, -0.15) is 11.8 Å². The Morgan fingerprint density at radius 2 is 1.79 bits per heavy atom. The van der Waals surface area contributed by atoms with Gasteiger partial charge >= 0.3 is 5.97 Å². The standard InChI is InChI=1S/C26H30O6S/c1-26(2)31-19-10-6-9-16(22(19)25(29)32-26)14-33-21-11-17-13-30-20(15-7-4-3-5-8-15)12-18(17)23(27)24(21)28/h3-10,17-18,20-21,23-24,27-28H,11-14H2,1-2H3/t17-,18-,20-,21-,23+,24+/m1/s1. The lowest BCUT2D eigenvalue weighted by atomic mass is 9.71. The summed E-state index contributed by atoms with van der Waals surface area (Å²) in [5.41, 5.74) is 2.37. The fraction of sp³-hybridized carbons (Fsp3) is 0.500. The van der Waals surface area contributed by atoms with Crippen molar-refractivity contribution in [3.05, 3.63) is 65.2 Å². The van der Waals surface area contributed by atoms with Crippen LogP contribution in [-0.4, -0.2) is 46.0 Å². The van der Waals surface area contributed by atoms with E-state index in [4.69, 9.17) is 14.2 Å². The molecule has 1 aliphatic carbocycles. The number of benzene rings is 2. The van der Waals surface area contributed by atoms with Crippen LogP contribution in [0.25, 0.3) is 0 Å². The lowest BCUT2D eigenvalue weighted by Crippen LogP contribution is -2.52. The molecule has 0 amide bonds. The molecular weight excluding hydrogens is 440 g/mol. The van der Waals surface area contributed by atoms with Gasteiger partial charge in [0.15, 0.2) is 0 Å². The van der Waals surface area contributed by atoms with Gasteiger partial charge in [-0.25, -0.2) is 4.79 Å². The zero-order valence-electron chi connectivity index (χ0n) is 18.8. The van der Waals surface area contributed by atoms with Crippen molar-refractivity contribution >= 4 is 17.7 Å². The minimum absolute atomic E-state index is 0.00546. The van der Waals surface area contributed by atoms with Crippen molar-refractivity contribution in [2.45, 2.75) is 61.8 Å². The summed E-state index contributed by atoms with van der Waals surface area (Å²) in [6, 6.07) is 15.6. The Morgan fingerprint density at radius 1 is 1.00 bits per heavy atom. The number of aliphatic hydroxyl groups excluding tert-OH is 2. The molecule has 0 radical (unpaired) electrons. The molecule has 0 unspecified atom stereocenters. The summed E-state index contributed by atoms with van der Waals surface area (Å²) < 4.78 is 17.4. The fourth-order valence-electron chi connectivity index (χ4n) is 5.28. The third-order valence-corrected chi connectivity index (χ3v) is 8.32. The molecule has 0 aromatic heterocycles. The van der Waals surface area contributed by atoms with Gasteiger partial charge in [0.2, 0.25) is 5.79 Å². The molecule has 2 heterocycles. The van der Waals surface area contributed by atoms with Gasteiger partial charge in [-0.15, -0.1) is 0 Å². The topological polar surface area (TPSA) is 85.2 Å². The summed E-state index contributed by atoms with van der Waals surface area (Å²) in [4.78, 5) is 12.6. The minimum Gasteiger partial charge on any atom is -0.452 e. The van der Waals surface area contributed by atoms with E-state index in [-0.39, 0.29) is 23.2 Å². The van der Waals surface area contributed by atoms with E-state index >= 15 is 0 Å². The van der Waals surface area contributed by atoms with Crippen LogP contribution in [0.4, 0.5) is 0 Å². The molecule has 1 saturated heterocycles. The molecule has 2 aromatic carbocycles. The van der Waals surface area contributed by atoms with E-state index in [1.807, 2.05) is 42.5 Å². The van der Waals surface area contributed by atoms with Crippen molar-refractivity contribution < 1.29 is 29.2 Å². The van der Waals surface area contributed by atoms with E-state index in [0.717, 1.165) is 17.5 Å². The fourth-order valence-corrected chi connectivity index (χ4v) is 6.66. The van der Waals surface area contributed by atoms with E-state index in [1.165, 1.54) is 0 Å². The Bertz CT molecular complexity index is 1010. The van der Waals surface area contributed by atoms with Crippen LogP contribution in [0.5, 0.6) is 5.75 Å². The molecule has 0 bridgehead atoms. The van der Waals surface area contributed by atoms with Crippen LogP contribution >= 0.6 is 11.8 Å². The first-order chi connectivity index (χ1) is 15.8. The van der Waals surface area contributed by atoms with Crippen molar-refractivity contribution in [3.63, 3.8) is 0 Å². The predicted molar refractivity (Wildman–Crippen MR) is 125 cm³/mol. The SMILES string of the molecule is CC1(C)OC(=O)c2c(CS[C@@H]3C[C@@H]4CO[C@@H](c5ccccc5)C[C@H]4[C@H](O)[C@H]3O)cccc2O1. The van der Waals surface area contributed by atoms with Gasteiger partial charge in [0.25, 0.3) is 0 Å². The molecule has 2 fully saturated rings. The van der Waals surface area contributed by atoms with Crippen LogP contribution in [0, 0.1) is 11.8 Å². The van der Waals surface area contributed by atoms with Gasteiger partial charge in [0.05, 0.1) is 24.9 Å². The lowest BCUT2D eigenvalue weighted by Gasteiger charge is -2.47. The highest BCUT2D eigenvalue weighted by Gasteiger charge is 2.47. The van der Waals surface area contributed by atoms with Crippen LogP contribution in [0.1, 0.15) is 54.3 Å². The Hall–Kier alpha value is -2.06. The second-order valence-electron chi connectivity index (χ2n) is 9.64. The van der Waals surface area contributed by atoms with Crippen LogP contribution in [0.15, 0.2) is 48.5 Å². The lowest BCUT2D eigenvalue weighted by molar-refractivity contribution is -0.135. The van der Waals surface area contributed by atoms with Crippen molar-refractivity contribution in [2.75, 3.05) is 6.61 Å². The van der Waals surface area contributed by atoms with E-state index in [0.29, 0.717) is 30.1 Å². The zero-order chi connectivity index (χ0) is 23.2.